The van der Waals surface area contributed by atoms with Gasteiger partial charge >= 0.3 is 40.8 Å². The molecule has 4 nitrogen and oxygen atoms in total. The van der Waals surface area contributed by atoms with Crippen LogP contribution in [0, 0.1) is 23.3 Å². The van der Waals surface area contributed by atoms with E-state index in [1.165, 1.54) is 24.3 Å². The zero-order valence-corrected chi connectivity index (χ0v) is 46.5. The van der Waals surface area contributed by atoms with Crippen LogP contribution in [0.5, 0.6) is 0 Å². The van der Waals surface area contributed by atoms with E-state index in [-0.39, 0.29) is 64.1 Å². The molecule has 0 fully saturated rings. The van der Waals surface area contributed by atoms with Crippen molar-refractivity contribution in [1.29, 1.82) is 0 Å². The standard InChI is InChI=1S/2C24H34F2NP2.O2.2Pd/c2*1-15(2)28(16(3)4)23-13-19(25)9-11-21(23)27-22-12-10-20(26)14-24(22)29(17(5)6)18(7)8;1-2;;/h2*9-18H,1-8H3;;;/q2*-1;-2;2*+2/p+4. The second-order valence-electron chi connectivity index (χ2n) is 17.9. The maximum atomic E-state index is 14.2. The molecule has 4 aromatic rings. The van der Waals surface area contributed by atoms with Crippen molar-refractivity contribution in [2.45, 2.75) is 156 Å². The van der Waals surface area contributed by atoms with Crippen LogP contribution in [0.15, 0.2) is 72.8 Å². The van der Waals surface area contributed by atoms with Crippen molar-refractivity contribution in [1.82, 2.24) is 0 Å². The Balaban J connectivity index is 0.00000112. The molecule has 350 valence electrons. The fourth-order valence-corrected chi connectivity index (χ4v) is 22.0. The zero-order valence-electron chi connectivity index (χ0n) is 39.4. The van der Waals surface area contributed by atoms with Crippen LogP contribution in [0.1, 0.15) is 111 Å². The van der Waals surface area contributed by atoms with E-state index in [9.17, 15) is 17.6 Å². The minimum absolute atomic E-state index is 0. The summed E-state index contributed by atoms with van der Waals surface area (Å²) in [7, 11) is -4.00. The normalized spacial score (nSPS) is 11.6. The fourth-order valence-electron chi connectivity index (χ4n) is 8.76. The molecular formula is C48H72F4N2O2P4Pd2+4. The van der Waals surface area contributed by atoms with Crippen molar-refractivity contribution in [3.8, 4) is 0 Å². The van der Waals surface area contributed by atoms with Crippen molar-refractivity contribution in [2.75, 3.05) is 0 Å². The molecule has 0 spiro atoms. The molecule has 0 bridgehead atoms. The van der Waals surface area contributed by atoms with Gasteiger partial charge in [0.05, 0.1) is 66.5 Å². The average Bonchev–Trinajstić information content (AvgIpc) is 3.12. The summed E-state index contributed by atoms with van der Waals surface area (Å²) in [5.41, 5.74) is 7.09. The first-order valence-electron chi connectivity index (χ1n) is 21.3. The van der Waals surface area contributed by atoms with Gasteiger partial charge in [0, 0.05) is 56.0 Å². The predicted octanol–water partition coefficient (Wildman–Crippen LogP) is 12.8. The molecule has 4 aromatic carbocycles. The van der Waals surface area contributed by atoms with Gasteiger partial charge in [-0.25, -0.2) is 17.6 Å². The van der Waals surface area contributed by atoms with Crippen molar-refractivity contribution in [3.05, 3.63) is 107 Å². The van der Waals surface area contributed by atoms with E-state index in [2.05, 4.69) is 111 Å². The molecule has 0 aliphatic rings. The van der Waals surface area contributed by atoms with Gasteiger partial charge in [-0.05, 0) is 135 Å². The molecule has 0 N–H and O–H groups in total. The Hall–Kier alpha value is -0.835. The number of benzene rings is 4. The molecule has 0 amide bonds. The van der Waals surface area contributed by atoms with Gasteiger partial charge in [0.25, 0.3) is 0 Å². The first-order chi connectivity index (χ1) is 28.0. The molecule has 0 heterocycles. The molecule has 14 heteroatoms. The van der Waals surface area contributed by atoms with Gasteiger partial charge in [0.15, 0.2) is 0 Å². The Morgan fingerprint density at radius 1 is 0.323 bits per heavy atom. The molecule has 62 heavy (non-hydrogen) atoms. The molecule has 0 aromatic heterocycles. The number of hydrogen-bond acceptors (Lipinski definition) is 2. The maximum Gasteiger partial charge on any atom is 2.00 e. The maximum absolute atomic E-state index is 14.2. The van der Waals surface area contributed by atoms with E-state index < -0.39 is 31.7 Å². The first kappa shape index (κ1) is 61.2. The zero-order chi connectivity index (χ0) is 45.8. The predicted molar refractivity (Wildman–Crippen MR) is 264 cm³/mol. The summed E-state index contributed by atoms with van der Waals surface area (Å²) in [6.07, 6.45) is 0. The van der Waals surface area contributed by atoms with E-state index in [4.69, 9.17) is 21.1 Å². The van der Waals surface area contributed by atoms with E-state index in [1.807, 2.05) is 0 Å². The molecular weight excluding hydrogens is 1050 g/mol. The monoisotopic (exact) mass is 1120 g/mol. The molecule has 0 aliphatic heterocycles. The number of rotatable bonds is 16. The molecule has 0 saturated heterocycles. The second kappa shape index (κ2) is 29.0. The van der Waals surface area contributed by atoms with Crippen LogP contribution in [0.4, 0.5) is 40.3 Å². The SMILES string of the molecule is CC(C)[PH+](c1cc(F)ccc1[N-]c1ccc(F)cc1[PH+](C(C)C)C(C)C)C(C)C.CC(C)[PH+](c1cc(F)ccc1[N-]c1ccc(F)cc1[PH+](C(C)C)C(C)C)C(C)C.[O-][O-].[Pd+2].[Pd+2]. The van der Waals surface area contributed by atoms with E-state index >= 15 is 0 Å². The third-order valence-corrected chi connectivity index (χ3v) is 24.6. The van der Waals surface area contributed by atoms with Crippen molar-refractivity contribution in [2.24, 2.45) is 0 Å². The van der Waals surface area contributed by atoms with Gasteiger partial charge in [-0.15, -0.1) is 0 Å². The van der Waals surface area contributed by atoms with Crippen molar-refractivity contribution < 1.29 is 68.9 Å². The van der Waals surface area contributed by atoms with Gasteiger partial charge in [0.1, 0.15) is 23.3 Å². The van der Waals surface area contributed by atoms with Gasteiger partial charge in [-0.3, -0.25) is 0 Å². The summed E-state index contributed by atoms with van der Waals surface area (Å²) in [6.45, 7) is 35.4. The van der Waals surface area contributed by atoms with E-state index in [0.717, 1.165) is 44.0 Å². The van der Waals surface area contributed by atoms with Crippen molar-refractivity contribution in [3.63, 3.8) is 0 Å². The van der Waals surface area contributed by atoms with Crippen LogP contribution in [-0.4, -0.2) is 45.3 Å². The van der Waals surface area contributed by atoms with Gasteiger partial charge < -0.3 is 21.1 Å². The van der Waals surface area contributed by atoms with E-state index in [0.29, 0.717) is 45.3 Å². The minimum Gasteiger partial charge on any atom is -1.00 e. The summed E-state index contributed by atoms with van der Waals surface area (Å²) in [4.78, 5) is 0. The van der Waals surface area contributed by atoms with Gasteiger partial charge in [-0.2, -0.15) is 0 Å². The molecule has 4 rings (SSSR count). The Morgan fingerprint density at radius 2 is 0.468 bits per heavy atom. The summed E-state index contributed by atoms with van der Waals surface area (Å²) in [6, 6.07) is 19.8. The summed E-state index contributed by atoms with van der Waals surface area (Å²) in [5, 5.41) is 28.2. The van der Waals surface area contributed by atoms with E-state index in [1.54, 1.807) is 48.5 Å². The molecule has 0 radical (unpaired) electrons. The third-order valence-electron chi connectivity index (χ3n) is 10.5. The molecule has 0 atom stereocenters. The van der Waals surface area contributed by atoms with Crippen LogP contribution in [0.2, 0.25) is 0 Å². The summed E-state index contributed by atoms with van der Waals surface area (Å²) < 4.78 is 56.7. The summed E-state index contributed by atoms with van der Waals surface area (Å²) >= 11 is 0. The van der Waals surface area contributed by atoms with Crippen LogP contribution in [0.25, 0.3) is 10.6 Å². The first-order valence-corrected chi connectivity index (χ1v) is 27.9. The third kappa shape index (κ3) is 17.4. The Bertz CT molecular complexity index is 1630. The van der Waals surface area contributed by atoms with Crippen LogP contribution >= 0.6 is 31.7 Å². The Labute approximate surface area is 404 Å². The van der Waals surface area contributed by atoms with Crippen LogP contribution in [0.3, 0.4) is 0 Å². The summed E-state index contributed by atoms with van der Waals surface area (Å²) in [5.74, 6) is -0.847. The minimum atomic E-state index is -1.000. The quantitative estimate of drug-likeness (QED) is 0.0369. The second-order valence-corrected chi connectivity index (χ2v) is 33.0. The van der Waals surface area contributed by atoms with Crippen molar-refractivity contribution >= 4 is 75.7 Å². The number of halogens is 4. The molecule has 0 aliphatic carbocycles. The van der Waals surface area contributed by atoms with Gasteiger partial charge in [0.2, 0.25) is 0 Å². The Morgan fingerprint density at radius 3 is 0.597 bits per heavy atom. The van der Waals surface area contributed by atoms with Crippen LogP contribution in [-0.2, 0) is 40.8 Å². The number of nitrogens with zero attached hydrogens (tertiary/aromatic N) is 2. The topological polar surface area (TPSA) is 74.3 Å². The fraction of sp³-hybridized carbons (Fsp3) is 0.500. The smallest absolute Gasteiger partial charge is 1.00 e. The number of hydrogen-bond donors (Lipinski definition) is 0. The molecule has 0 saturated carbocycles. The largest absolute Gasteiger partial charge is 2.00 e. The van der Waals surface area contributed by atoms with Crippen LogP contribution < -0.4 is 31.7 Å². The average molecular weight is 1120 g/mol. The van der Waals surface area contributed by atoms with Gasteiger partial charge in [-0.1, -0.05) is 47.0 Å². The Kier molecular flexibility index (Phi) is 28.6. The molecule has 0 unspecified atom stereocenters.